The molecule has 0 unspecified atom stereocenters. The number of nitrogens with one attached hydrogen (secondary N) is 2. The van der Waals surface area contributed by atoms with Crippen LogP contribution in [-0.4, -0.2) is 44.2 Å². The number of hydrogen-bond acceptors (Lipinski definition) is 2. The van der Waals surface area contributed by atoms with Gasteiger partial charge >= 0.3 is 0 Å². The number of hydrogen-bond donors (Lipinski definition) is 2. The second-order valence-electron chi connectivity index (χ2n) is 6.38. The fourth-order valence-electron chi connectivity index (χ4n) is 3.14. The van der Waals surface area contributed by atoms with Crippen molar-refractivity contribution >= 4 is 23.2 Å². The highest BCUT2D eigenvalue weighted by atomic mass is 35.5. The molecule has 1 aromatic carbocycles. The molecule has 5 heteroatoms. The van der Waals surface area contributed by atoms with Gasteiger partial charge in [-0.15, -0.1) is 6.42 Å². The number of carbonyl (C=O) groups is 1. The van der Waals surface area contributed by atoms with E-state index >= 15 is 0 Å². The Morgan fingerprint density at radius 1 is 1.38 bits per heavy atom. The quantitative estimate of drug-likeness (QED) is 0.761. The fraction of sp³-hybridized carbons (Fsp3) is 0.526. The van der Waals surface area contributed by atoms with Crippen LogP contribution in [0, 0.1) is 12.3 Å². The summed E-state index contributed by atoms with van der Waals surface area (Å²) in [4.78, 5) is 16.0. The second kappa shape index (κ2) is 8.41. The molecular weight excluding hydrogens is 322 g/mol. The van der Waals surface area contributed by atoms with E-state index in [1.807, 2.05) is 32.0 Å². The van der Waals surface area contributed by atoms with Crippen molar-refractivity contribution in [2.45, 2.75) is 32.2 Å². The molecule has 1 saturated heterocycles. The van der Waals surface area contributed by atoms with E-state index in [9.17, 15) is 4.79 Å². The molecule has 1 amide bonds. The van der Waals surface area contributed by atoms with Gasteiger partial charge in [0.1, 0.15) is 5.54 Å². The average molecular weight is 349 g/mol. The Morgan fingerprint density at radius 2 is 2.04 bits per heavy atom. The van der Waals surface area contributed by atoms with Crippen LogP contribution in [0.15, 0.2) is 24.3 Å². The van der Waals surface area contributed by atoms with E-state index in [1.54, 1.807) is 0 Å². The Kier molecular flexibility index (Phi) is 6.53. The van der Waals surface area contributed by atoms with Crippen LogP contribution in [0.5, 0.6) is 0 Å². The molecule has 2 N–H and O–H groups in total. The average Bonchev–Trinajstić information content (AvgIpc) is 2.60. The molecule has 0 spiro atoms. The Hall–Kier alpha value is -1.70. The number of halogens is 1. The van der Waals surface area contributed by atoms with Gasteiger partial charge in [0.2, 0.25) is 0 Å². The van der Waals surface area contributed by atoms with Gasteiger partial charge in [-0.25, -0.2) is 0 Å². The molecule has 130 valence electrons. The molecule has 24 heavy (non-hydrogen) atoms. The van der Waals surface area contributed by atoms with Crippen LogP contribution in [0.3, 0.4) is 0 Å². The molecule has 1 fully saturated rings. The summed E-state index contributed by atoms with van der Waals surface area (Å²) in [6, 6.07) is 7.92. The van der Waals surface area contributed by atoms with Crippen molar-refractivity contribution in [2.24, 2.45) is 0 Å². The van der Waals surface area contributed by atoms with E-state index in [0.29, 0.717) is 6.54 Å². The lowest BCUT2D eigenvalue weighted by atomic mass is 9.94. The maximum atomic E-state index is 12.3. The highest BCUT2D eigenvalue weighted by Crippen LogP contribution is 2.19. The maximum Gasteiger partial charge on any atom is 0.276 e. The van der Waals surface area contributed by atoms with Crippen LogP contribution < -0.4 is 15.1 Å². The highest BCUT2D eigenvalue weighted by Gasteiger charge is 2.28. The number of anilines is 1. The van der Waals surface area contributed by atoms with Crippen LogP contribution in [0.4, 0.5) is 5.69 Å². The molecule has 0 aromatic heterocycles. The minimum absolute atomic E-state index is 0.0443. The topological polar surface area (TPSA) is 36.8 Å². The van der Waals surface area contributed by atoms with Crippen molar-refractivity contribution in [1.29, 1.82) is 0 Å². The van der Waals surface area contributed by atoms with Crippen molar-refractivity contribution in [1.82, 2.24) is 5.32 Å². The van der Waals surface area contributed by atoms with E-state index < -0.39 is 5.54 Å². The van der Waals surface area contributed by atoms with Gasteiger partial charge in [-0.3, -0.25) is 4.79 Å². The van der Waals surface area contributed by atoms with Crippen LogP contribution in [-0.2, 0) is 4.79 Å². The predicted molar refractivity (Wildman–Crippen MR) is 99.5 cm³/mol. The van der Waals surface area contributed by atoms with Crippen LogP contribution in [0.25, 0.3) is 0 Å². The van der Waals surface area contributed by atoms with Gasteiger partial charge in [-0.2, -0.15) is 0 Å². The normalized spacial score (nSPS) is 15.8. The van der Waals surface area contributed by atoms with Gasteiger partial charge in [0, 0.05) is 10.7 Å². The molecule has 0 aliphatic carbocycles. The van der Waals surface area contributed by atoms with E-state index in [-0.39, 0.29) is 5.91 Å². The van der Waals surface area contributed by atoms with E-state index in [1.165, 1.54) is 4.90 Å². The number of nitrogens with zero attached hydrogens (tertiary/aromatic N) is 1. The van der Waals surface area contributed by atoms with Gasteiger partial charge in [-0.05, 0) is 31.0 Å². The molecule has 0 radical (unpaired) electrons. The van der Waals surface area contributed by atoms with Crippen molar-refractivity contribution in [2.75, 3.05) is 37.6 Å². The Labute approximate surface area is 150 Å². The highest BCUT2D eigenvalue weighted by molar-refractivity contribution is 6.30. The van der Waals surface area contributed by atoms with Crippen LogP contribution >= 0.6 is 11.6 Å². The first-order chi connectivity index (χ1) is 11.5. The monoisotopic (exact) mass is 348 g/mol. The van der Waals surface area contributed by atoms with Gasteiger partial charge in [0.15, 0.2) is 6.54 Å². The number of carbonyl (C=O) groups excluding carboxylic acids is 1. The number of benzene rings is 1. The summed E-state index contributed by atoms with van der Waals surface area (Å²) < 4.78 is 0. The van der Waals surface area contributed by atoms with Crippen molar-refractivity contribution < 1.29 is 9.69 Å². The summed E-state index contributed by atoms with van der Waals surface area (Å²) in [6.07, 6.45) is 7.12. The SMILES string of the molecule is C#CC(CC)(CC)NC(=O)C[NH+]1CCN(c2cccc(Cl)c2)CC1. The Balaban J connectivity index is 1.85. The summed E-state index contributed by atoms with van der Waals surface area (Å²) in [6.45, 7) is 8.21. The zero-order chi connectivity index (χ0) is 17.6. The van der Waals surface area contributed by atoms with Crippen molar-refractivity contribution in [3.8, 4) is 12.3 Å². The molecule has 1 aliphatic rings. The zero-order valence-corrected chi connectivity index (χ0v) is 15.3. The van der Waals surface area contributed by atoms with Crippen LogP contribution in [0.2, 0.25) is 5.02 Å². The fourth-order valence-corrected chi connectivity index (χ4v) is 3.32. The Morgan fingerprint density at radius 3 is 2.58 bits per heavy atom. The van der Waals surface area contributed by atoms with E-state index in [0.717, 1.165) is 49.7 Å². The molecule has 1 aliphatic heterocycles. The Bertz CT molecular complexity index is 599. The number of terminal acetylenes is 1. The molecule has 0 atom stereocenters. The summed E-state index contributed by atoms with van der Waals surface area (Å²) in [5.41, 5.74) is 0.647. The van der Waals surface area contributed by atoms with E-state index in [2.05, 4.69) is 22.2 Å². The first-order valence-electron chi connectivity index (χ1n) is 8.64. The number of quaternary nitrogens is 1. The van der Waals surface area contributed by atoms with Crippen LogP contribution in [0.1, 0.15) is 26.7 Å². The molecule has 2 rings (SSSR count). The molecule has 0 bridgehead atoms. The molecular formula is C19H27ClN3O+. The summed E-state index contributed by atoms with van der Waals surface area (Å²) >= 11 is 6.06. The number of amides is 1. The number of rotatable bonds is 6. The zero-order valence-electron chi connectivity index (χ0n) is 14.6. The summed E-state index contributed by atoms with van der Waals surface area (Å²) in [7, 11) is 0. The second-order valence-corrected chi connectivity index (χ2v) is 6.81. The minimum atomic E-state index is -0.501. The first kappa shape index (κ1) is 18.6. The van der Waals surface area contributed by atoms with Crippen molar-refractivity contribution in [3.05, 3.63) is 29.3 Å². The molecule has 1 heterocycles. The summed E-state index contributed by atoms with van der Waals surface area (Å²) in [5, 5.41) is 3.81. The minimum Gasteiger partial charge on any atom is -0.360 e. The maximum absolute atomic E-state index is 12.3. The largest absolute Gasteiger partial charge is 0.360 e. The molecule has 0 saturated carbocycles. The van der Waals surface area contributed by atoms with E-state index in [4.69, 9.17) is 18.0 Å². The standard InChI is InChI=1S/C19H26ClN3O/c1-4-19(5-2,6-3)21-18(24)15-22-10-12-23(13-11-22)17-9-7-8-16(20)14-17/h1,7-9,14H,5-6,10-13,15H2,2-3H3,(H,21,24)/p+1. The molecule has 4 nitrogen and oxygen atoms in total. The smallest absolute Gasteiger partial charge is 0.276 e. The summed E-state index contributed by atoms with van der Waals surface area (Å²) in [5.74, 6) is 2.80. The lowest BCUT2D eigenvalue weighted by molar-refractivity contribution is -0.892. The third-order valence-electron chi connectivity index (χ3n) is 4.92. The van der Waals surface area contributed by atoms with Gasteiger partial charge < -0.3 is 15.1 Å². The van der Waals surface area contributed by atoms with Crippen molar-refractivity contribution in [3.63, 3.8) is 0 Å². The first-order valence-corrected chi connectivity index (χ1v) is 9.02. The third-order valence-corrected chi connectivity index (χ3v) is 5.15. The van der Waals surface area contributed by atoms with Gasteiger partial charge in [-0.1, -0.05) is 37.4 Å². The van der Waals surface area contributed by atoms with Gasteiger partial charge in [0.05, 0.1) is 26.2 Å². The lowest BCUT2D eigenvalue weighted by Crippen LogP contribution is -3.16. The lowest BCUT2D eigenvalue weighted by Gasteiger charge is -2.34. The third kappa shape index (κ3) is 4.66. The molecule has 1 aromatic rings. The van der Waals surface area contributed by atoms with Gasteiger partial charge in [0.25, 0.3) is 5.91 Å². The predicted octanol–water partition coefficient (Wildman–Crippen LogP) is 1.35. The number of piperazine rings is 1.